The smallest absolute Gasteiger partial charge is 0.307 e. The van der Waals surface area contributed by atoms with Gasteiger partial charge in [0.15, 0.2) is 0 Å². The fourth-order valence-electron chi connectivity index (χ4n) is 4.51. The van der Waals surface area contributed by atoms with Crippen molar-refractivity contribution >= 4 is 40.4 Å². The molecule has 0 aliphatic carbocycles. The lowest BCUT2D eigenvalue weighted by Crippen LogP contribution is -2.41. The van der Waals surface area contributed by atoms with Gasteiger partial charge in [-0.15, -0.1) is 0 Å². The van der Waals surface area contributed by atoms with Gasteiger partial charge in [0.1, 0.15) is 0 Å². The van der Waals surface area contributed by atoms with Gasteiger partial charge in [0.2, 0.25) is 5.91 Å². The van der Waals surface area contributed by atoms with Crippen molar-refractivity contribution in [3.63, 3.8) is 0 Å². The number of anilines is 1. The topological polar surface area (TPSA) is 71.8 Å². The first-order valence-electron chi connectivity index (χ1n) is 11.9. The molecule has 3 aromatic rings. The number of carbonyl (C=O) groups is 3. The summed E-state index contributed by atoms with van der Waals surface area (Å²) in [5.74, 6) is -1.18. The molecule has 0 saturated heterocycles. The number of hydrogen-bond acceptors (Lipinski definition) is 5. The van der Waals surface area contributed by atoms with E-state index in [0.717, 1.165) is 34.9 Å². The number of para-hydroxylation sites is 1. The average molecular weight is 474 g/mol. The monoisotopic (exact) mass is 473 g/mol. The Balaban J connectivity index is 1.74. The standard InChI is InChI=1S/C28H31N3O4/c1-4-5-6-9-20-12-13-25-23(16-20)28(34)31(15-14-27(33)35-3)26(32)19-30(25)18-21-17-29(2)24-11-8-7-10-22(21)24/h6-13,16-17H,4-5,14-15,18-19H2,1-3H3/b9-6+. The number of aryl methyl sites for hydroxylation is 1. The molecule has 182 valence electrons. The zero-order valence-electron chi connectivity index (χ0n) is 20.5. The lowest BCUT2D eigenvalue weighted by Gasteiger charge is -2.23. The van der Waals surface area contributed by atoms with Crippen LogP contribution >= 0.6 is 0 Å². The number of allylic oxidation sites excluding steroid dienone is 1. The summed E-state index contributed by atoms with van der Waals surface area (Å²) in [6.07, 6.45) is 8.09. The van der Waals surface area contributed by atoms with Crippen LogP contribution in [0.3, 0.4) is 0 Å². The highest BCUT2D eigenvalue weighted by Crippen LogP contribution is 2.31. The van der Waals surface area contributed by atoms with Gasteiger partial charge in [-0.1, -0.05) is 49.8 Å². The molecule has 2 heterocycles. The minimum Gasteiger partial charge on any atom is -0.469 e. The number of ether oxygens (including phenoxy) is 1. The molecule has 1 aliphatic rings. The van der Waals surface area contributed by atoms with E-state index in [9.17, 15) is 14.4 Å². The third-order valence-corrected chi connectivity index (χ3v) is 6.34. The number of carbonyl (C=O) groups excluding carboxylic acids is 3. The molecule has 0 atom stereocenters. The fourth-order valence-corrected chi connectivity index (χ4v) is 4.51. The van der Waals surface area contributed by atoms with Crippen LogP contribution in [0.5, 0.6) is 0 Å². The molecule has 2 aromatic carbocycles. The summed E-state index contributed by atoms with van der Waals surface area (Å²) in [6.45, 7) is 2.61. The molecule has 1 aliphatic heterocycles. The Morgan fingerprint density at radius 1 is 1.14 bits per heavy atom. The second-order valence-electron chi connectivity index (χ2n) is 8.78. The van der Waals surface area contributed by atoms with Gasteiger partial charge >= 0.3 is 5.97 Å². The van der Waals surface area contributed by atoms with Crippen molar-refractivity contribution in [3.8, 4) is 0 Å². The molecule has 7 heteroatoms. The minimum absolute atomic E-state index is 0.0121. The van der Waals surface area contributed by atoms with Crippen molar-refractivity contribution in [1.82, 2.24) is 9.47 Å². The van der Waals surface area contributed by atoms with E-state index in [1.165, 1.54) is 12.0 Å². The van der Waals surface area contributed by atoms with Crippen molar-refractivity contribution in [1.29, 1.82) is 0 Å². The molecule has 35 heavy (non-hydrogen) atoms. The number of esters is 1. The largest absolute Gasteiger partial charge is 0.469 e. The summed E-state index contributed by atoms with van der Waals surface area (Å²) in [5, 5.41) is 1.11. The van der Waals surface area contributed by atoms with Crippen LogP contribution in [0.25, 0.3) is 17.0 Å². The average Bonchev–Trinajstić information content (AvgIpc) is 3.14. The van der Waals surface area contributed by atoms with Crippen molar-refractivity contribution < 1.29 is 19.1 Å². The Labute approximate surface area is 205 Å². The van der Waals surface area contributed by atoms with E-state index < -0.39 is 5.97 Å². The van der Waals surface area contributed by atoms with E-state index in [1.54, 1.807) is 0 Å². The first-order valence-corrected chi connectivity index (χ1v) is 11.9. The molecule has 0 spiro atoms. The molecule has 2 amide bonds. The maximum absolute atomic E-state index is 13.5. The lowest BCUT2D eigenvalue weighted by molar-refractivity contribution is -0.141. The van der Waals surface area contributed by atoms with Crippen LogP contribution in [0.15, 0.2) is 54.7 Å². The number of unbranched alkanes of at least 4 members (excludes halogenated alkanes) is 1. The zero-order valence-corrected chi connectivity index (χ0v) is 20.5. The Morgan fingerprint density at radius 2 is 1.94 bits per heavy atom. The van der Waals surface area contributed by atoms with Crippen LogP contribution in [0.2, 0.25) is 0 Å². The Bertz CT molecular complexity index is 1290. The van der Waals surface area contributed by atoms with Crippen LogP contribution in [0.4, 0.5) is 5.69 Å². The van der Waals surface area contributed by atoms with Crippen LogP contribution in [0.1, 0.15) is 47.7 Å². The SMILES string of the molecule is CCC/C=C/c1ccc2c(c1)C(=O)N(CCC(=O)OC)C(=O)CN2Cc1cn(C)c2ccccc12. The second-order valence-corrected chi connectivity index (χ2v) is 8.78. The molecule has 0 bridgehead atoms. The predicted molar refractivity (Wildman–Crippen MR) is 137 cm³/mol. The number of hydrogen-bond donors (Lipinski definition) is 0. The summed E-state index contributed by atoms with van der Waals surface area (Å²) < 4.78 is 6.79. The van der Waals surface area contributed by atoms with Gasteiger partial charge in [0.05, 0.1) is 31.3 Å². The highest BCUT2D eigenvalue weighted by Gasteiger charge is 2.33. The van der Waals surface area contributed by atoms with Crippen LogP contribution in [-0.4, -0.2) is 47.4 Å². The Hall–Kier alpha value is -3.87. The van der Waals surface area contributed by atoms with Gasteiger partial charge in [-0.2, -0.15) is 0 Å². The highest BCUT2D eigenvalue weighted by atomic mass is 16.5. The number of rotatable bonds is 8. The van der Waals surface area contributed by atoms with Crippen molar-refractivity contribution in [2.75, 3.05) is 25.1 Å². The third-order valence-electron chi connectivity index (χ3n) is 6.34. The lowest BCUT2D eigenvalue weighted by atomic mass is 10.0. The van der Waals surface area contributed by atoms with E-state index >= 15 is 0 Å². The first kappa shape index (κ1) is 24.3. The number of nitrogens with zero attached hydrogens (tertiary/aromatic N) is 3. The van der Waals surface area contributed by atoms with E-state index in [-0.39, 0.29) is 31.3 Å². The Kier molecular flexibility index (Phi) is 7.34. The molecular weight excluding hydrogens is 442 g/mol. The number of imide groups is 1. The molecule has 7 nitrogen and oxygen atoms in total. The van der Waals surface area contributed by atoms with Gasteiger partial charge in [0, 0.05) is 37.2 Å². The molecular formula is C28H31N3O4. The normalized spacial score (nSPS) is 14.0. The molecule has 1 aromatic heterocycles. The number of methoxy groups -OCH3 is 1. The highest BCUT2D eigenvalue weighted by molar-refractivity contribution is 6.11. The number of aromatic nitrogens is 1. The summed E-state index contributed by atoms with van der Waals surface area (Å²) in [5.41, 5.74) is 4.25. The molecule has 4 rings (SSSR count). The summed E-state index contributed by atoms with van der Waals surface area (Å²) in [6, 6.07) is 13.9. The van der Waals surface area contributed by atoms with E-state index in [2.05, 4.69) is 35.9 Å². The maximum atomic E-state index is 13.5. The fraction of sp³-hybridized carbons (Fsp3) is 0.321. The van der Waals surface area contributed by atoms with Crippen LogP contribution in [0, 0.1) is 0 Å². The summed E-state index contributed by atoms with van der Waals surface area (Å²) in [4.78, 5) is 41.7. The van der Waals surface area contributed by atoms with Crippen molar-refractivity contribution in [2.45, 2.75) is 32.7 Å². The van der Waals surface area contributed by atoms with Gasteiger partial charge in [-0.3, -0.25) is 19.3 Å². The number of amides is 2. The van der Waals surface area contributed by atoms with Gasteiger partial charge in [-0.25, -0.2) is 0 Å². The van der Waals surface area contributed by atoms with E-state index in [4.69, 9.17) is 4.74 Å². The van der Waals surface area contributed by atoms with E-state index in [0.29, 0.717) is 17.8 Å². The van der Waals surface area contributed by atoms with E-state index in [1.807, 2.05) is 48.4 Å². The number of benzene rings is 2. The second kappa shape index (κ2) is 10.6. The molecule has 0 N–H and O–H groups in total. The Morgan fingerprint density at radius 3 is 2.71 bits per heavy atom. The molecule has 0 radical (unpaired) electrons. The predicted octanol–water partition coefficient (Wildman–Crippen LogP) is 4.54. The molecule has 0 unspecified atom stereocenters. The quantitative estimate of drug-likeness (QED) is 0.355. The van der Waals surface area contributed by atoms with Gasteiger partial charge in [0.25, 0.3) is 5.91 Å². The van der Waals surface area contributed by atoms with Crippen molar-refractivity contribution in [2.24, 2.45) is 7.05 Å². The van der Waals surface area contributed by atoms with Crippen LogP contribution < -0.4 is 4.90 Å². The summed E-state index contributed by atoms with van der Waals surface area (Å²) in [7, 11) is 3.30. The first-order chi connectivity index (χ1) is 16.9. The maximum Gasteiger partial charge on any atom is 0.307 e. The van der Waals surface area contributed by atoms with Gasteiger partial charge < -0.3 is 14.2 Å². The molecule has 0 saturated carbocycles. The van der Waals surface area contributed by atoms with Crippen molar-refractivity contribution in [3.05, 3.63) is 71.4 Å². The third kappa shape index (κ3) is 5.14. The minimum atomic E-state index is -0.459. The summed E-state index contributed by atoms with van der Waals surface area (Å²) >= 11 is 0. The van der Waals surface area contributed by atoms with Crippen LogP contribution in [-0.2, 0) is 27.9 Å². The molecule has 0 fully saturated rings. The number of fused-ring (bicyclic) bond motifs is 2. The van der Waals surface area contributed by atoms with Gasteiger partial charge in [-0.05, 0) is 35.7 Å². The zero-order chi connectivity index (χ0) is 24.9.